The Morgan fingerprint density at radius 1 is 1.14 bits per heavy atom. The van der Waals surface area contributed by atoms with Crippen molar-refractivity contribution in [2.45, 2.75) is 39.2 Å². The summed E-state index contributed by atoms with van der Waals surface area (Å²) in [7, 11) is 0. The zero-order valence-electron chi connectivity index (χ0n) is 17.0. The molecule has 0 bridgehead atoms. The molecule has 4 rings (SSSR count). The van der Waals surface area contributed by atoms with E-state index in [1.165, 1.54) is 10.5 Å². The third kappa shape index (κ3) is 4.51. The van der Waals surface area contributed by atoms with Gasteiger partial charge in [-0.05, 0) is 49.2 Å². The molecule has 0 spiro atoms. The van der Waals surface area contributed by atoms with E-state index in [1.807, 2.05) is 32.0 Å². The van der Waals surface area contributed by atoms with Gasteiger partial charge in [0.2, 0.25) is 0 Å². The summed E-state index contributed by atoms with van der Waals surface area (Å²) in [5.74, 6) is 1.63. The molecule has 6 heteroatoms. The number of nitrogens with one attached hydrogen (secondary N) is 2. The molecule has 29 heavy (non-hydrogen) atoms. The van der Waals surface area contributed by atoms with Gasteiger partial charge in [-0.3, -0.25) is 4.79 Å². The topological polar surface area (TPSA) is 52.0 Å². The summed E-state index contributed by atoms with van der Waals surface area (Å²) >= 11 is 6.35. The predicted molar refractivity (Wildman–Crippen MR) is 114 cm³/mol. The van der Waals surface area contributed by atoms with Crippen molar-refractivity contribution in [2.24, 2.45) is 0 Å². The SMILES string of the molecule is Cc1cc(C)c(NC(=O)C[NH+]2CCC[C@@H]2c2ccc3c(c2)OCCCO3)c(Cl)c1. The third-order valence-electron chi connectivity index (χ3n) is 5.74. The normalized spacial score (nSPS) is 20.9. The van der Waals surface area contributed by atoms with Gasteiger partial charge in [0, 0.05) is 24.8 Å². The Morgan fingerprint density at radius 3 is 2.72 bits per heavy atom. The largest absolute Gasteiger partial charge is 0.490 e. The number of carbonyl (C=O) groups is 1. The molecule has 2 atom stereocenters. The van der Waals surface area contributed by atoms with Crippen LogP contribution >= 0.6 is 11.6 Å². The minimum absolute atomic E-state index is 0.00454. The molecule has 1 amide bonds. The Morgan fingerprint density at radius 2 is 1.93 bits per heavy atom. The molecular formula is C23H28ClN2O3+. The average Bonchev–Trinajstić information content (AvgIpc) is 3.00. The summed E-state index contributed by atoms with van der Waals surface area (Å²) < 4.78 is 11.6. The van der Waals surface area contributed by atoms with Crippen LogP contribution in [0.3, 0.4) is 0 Å². The Bertz CT molecular complexity index is 892. The fraction of sp³-hybridized carbons (Fsp3) is 0.435. The fourth-order valence-corrected chi connectivity index (χ4v) is 4.75. The van der Waals surface area contributed by atoms with E-state index in [4.69, 9.17) is 21.1 Å². The molecule has 2 aromatic rings. The second-order valence-corrected chi connectivity index (χ2v) is 8.43. The van der Waals surface area contributed by atoms with Gasteiger partial charge in [-0.25, -0.2) is 0 Å². The number of rotatable bonds is 4. The molecule has 2 aliphatic rings. The number of hydrogen-bond donors (Lipinski definition) is 2. The third-order valence-corrected chi connectivity index (χ3v) is 6.04. The number of likely N-dealkylation sites (tertiary alicyclic amines) is 1. The summed E-state index contributed by atoms with van der Waals surface area (Å²) in [5.41, 5.74) is 4.00. The lowest BCUT2D eigenvalue weighted by Gasteiger charge is -2.22. The average molecular weight is 416 g/mol. The van der Waals surface area contributed by atoms with Crippen molar-refractivity contribution in [1.82, 2.24) is 0 Å². The quantitative estimate of drug-likeness (QED) is 0.803. The van der Waals surface area contributed by atoms with Crippen LogP contribution < -0.4 is 19.7 Å². The number of quaternary nitrogens is 1. The van der Waals surface area contributed by atoms with Crippen LogP contribution in [0.4, 0.5) is 5.69 Å². The van der Waals surface area contributed by atoms with Gasteiger partial charge in [0.1, 0.15) is 6.04 Å². The zero-order valence-corrected chi connectivity index (χ0v) is 17.8. The summed E-state index contributed by atoms with van der Waals surface area (Å²) in [5, 5.41) is 3.62. The van der Waals surface area contributed by atoms with E-state index in [1.54, 1.807) is 0 Å². The number of amides is 1. The highest BCUT2D eigenvalue weighted by atomic mass is 35.5. The lowest BCUT2D eigenvalue weighted by atomic mass is 10.0. The van der Waals surface area contributed by atoms with Crippen molar-refractivity contribution in [2.75, 3.05) is 31.6 Å². The molecule has 5 nitrogen and oxygen atoms in total. The monoisotopic (exact) mass is 415 g/mol. The fourth-order valence-electron chi connectivity index (χ4n) is 4.39. The van der Waals surface area contributed by atoms with E-state index < -0.39 is 0 Å². The zero-order chi connectivity index (χ0) is 20.4. The van der Waals surface area contributed by atoms with Gasteiger partial charge in [-0.2, -0.15) is 0 Å². The highest BCUT2D eigenvalue weighted by Gasteiger charge is 2.32. The molecule has 154 valence electrons. The number of halogens is 1. The molecule has 2 heterocycles. The van der Waals surface area contributed by atoms with E-state index in [0.717, 1.165) is 48.4 Å². The number of fused-ring (bicyclic) bond motifs is 1. The number of aryl methyl sites for hydroxylation is 2. The maximum absolute atomic E-state index is 12.8. The molecule has 1 saturated heterocycles. The molecule has 1 unspecified atom stereocenters. The molecular weight excluding hydrogens is 388 g/mol. The molecule has 2 aliphatic heterocycles. The molecule has 0 aromatic heterocycles. The van der Waals surface area contributed by atoms with Gasteiger partial charge in [-0.1, -0.05) is 17.7 Å². The van der Waals surface area contributed by atoms with E-state index in [0.29, 0.717) is 30.5 Å². The van der Waals surface area contributed by atoms with Gasteiger partial charge in [-0.15, -0.1) is 0 Å². The maximum atomic E-state index is 12.8. The first-order valence-corrected chi connectivity index (χ1v) is 10.7. The van der Waals surface area contributed by atoms with Gasteiger partial charge in [0.05, 0.1) is 30.5 Å². The van der Waals surface area contributed by atoms with E-state index >= 15 is 0 Å². The van der Waals surface area contributed by atoms with Crippen LogP contribution in [0.2, 0.25) is 5.02 Å². The number of ether oxygens (including phenoxy) is 2. The van der Waals surface area contributed by atoms with Crippen molar-refractivity contribution in [3.63, 3.8) is 0 Å². The summed E-state index contributed by atoms with van der Waals surface area (Å²) in [4.78, 5) is 14.1. The summed E-state index contributed by atoms with van der Waals surface area (Å²) in [6.45, 7) is 6.73. The molecule has 2 aromatic carbocycles. The van der Waals surface area contributed by atoms with Crippen LogP contribution in [0.1, 0.15) is 42.0 Å². The van der Waals surface area contributed by atoms with Crippen molar-refractivity contribution < 1.29 is 19.2 Å². The minimum Gasteiger partial charge on any atom is -0.490 e. The van der Waals surface area contributed by atoms with Crippen LogP contribution in [0.25, 0.3) is 0 Å². The first-order chi connectivity index (χ1) is 14.0. The number of carbonyl (C=O) groups excluding carboxylic acids is 1. The first kappa shape index (κ1) is 20.0. The Balaban J connectivity index is 1.46. The smallest absolute Gasteiger partial charge is 0.279 e. The summed E-state index contributed by atoms with van der Waals surface area (Å²) in [6.07, 6.45) is 3.06. The highest BCUT2D eigenvalue weighted by Crippen LogP contribution is 2.33. The maximum Gasteiger partial charge on any atom is 0.279 e. The second kappa shape index (κ2) is 8.64. The van der Waals surface area contributed by atoms with E-state index in [-0.39, 0.29) is 11.9 Å². The van der Waals surface area contributed by atoms with Gasteiger partial charge >= 0.3 is 0 Å². The van der Waals surface area contributed by atoms with Crippen molar-refractivity contribution in [1.29, 1.82) is 0 Å². The van der Waals surface area contributed by atoms with Gasteiger partial charge in [0.25, 0.3) is 5.91 Å². The molecule has 0 aliphatic carbocycles. The number of benzene rings is 2. The van der Waals surface area contributed by atoms with E-state index in [9.17, 15) is 4.79 Å². The molecule has 0 saturated carbocycles. The summed E-state index contributed by atoms with van der Waals surface area (Å²) in [6, 6.07) is 10.4. The number of anilines is 1. The number of hydrogen-bond acceptors (Lipinski definition) is 3. The van der Waals surface area contributed by atoms with E-state index in [2.05, 4.69) is 17.4 Å². The van der Waals surface area contributed by atoms with Crippen LogP contribution in [-0.2, 0) is 4.79 Å². The van der Waals surface area contributed by atoms with Crippen LogP contribution in [0, 0.1) is 13.8 Å². The van der Waals surface area contributed by atoms with Gasteiger partial charge < -0.3 is 19.7 Å². The van der Waals surface area contributed by atoms with Crippen LogP contribution in [-0.4, -0.2) is 32.2 Å². The first-order valence-electron chi connectivity index (χ1n) is 10.3. The second-order valence-electron chi connectivity index (χ2n) is 8.02. The Hall–Kier alpha value is -2.24. The molecule has 1 fully saturated rings. The molecule has 0 radical (unpaired) electrons. The van der Waals surface area contributed by atoms with Crippen molar-refractivity contribution >= 4 is 23.2 Å². The Labute approximate surface area is 176 Å². The van der Waals surface area contributed by atoms with Crippen molar-refractivity contribution in [3.8, 4) is 11.5 Å². The lowest BCUT2D eigenvalue weighted by Crippen LogP contribution is -3.11. The lowest BCUT2D eigenvalue weighted by molar-refractivity contribution is -0.910. The molecule has 2 N–H and O–H groups in total. The highest BCUT2D eigenvalue weighted by molar-refractivity contribution is 6.34. The predicted octanol–water partition coefficient (Wildman–Crippen LogP) is 3.48. The standard InChI is InChI=1S/C23H27ClN2O3/c1-15-11-16(2)23(18(24)12-15)25-22(27)14-26-8-3-5-19(26)17-6-7-20-21(13-17)29-10-4-9-28-20/h6-7,11-13,19H,3-5,8-10,14H2,1-2H3,(H,25,27)/p+1/t19-/m1/s1. The Kier molecular flexibility index (Phi) is 5.97. The minimum atomic E-state index is -0.00454. The van der Waals surface area contributed by atoms with Gasteiger partial charge in [0.15, 0.2) is 18.0 Å². The van der Waals surface area contributed by atoms with Crippen LogP contribution in [0.15, 0.2) is 30.3 Å². The van der Waals surface area contributed by atoms with Crippen LogP contribution in [0.5, 0.6) is 11.5 Å². The van der Waals surface area contributed by atoms with Crippen molar-refractivity contribution in [3.05, 3.63) is 52.0 Å².